The third kappa shape index (κ3) is 6.81. The van der Waals surface area contributed by atoms with Crippen LogP contribution in [0.5, 0.6) is 0 Å². The summed E-state index contributed by atoms with van der Waals surface area (Å²) >= 11 is 3.37. The van der Waals surface area contributed by atoms with Crippen LogP contribution in [-0.2, 0) is 20.8 Å². The summed E-state index contributed by atoms with van der Waals surface area (Å²) in [6.45, 7) is 1.87. The summed E-state index contributed by atoms with van der Waals surface area (Å²) in [5.41, 5.74) is 1.75. The monoisotopic (exact) mass is 446 g/mol. The zero-order valence-corrected chi connectivity index (χ0v) is 17.1. The number of nitrogens with one attached hydrogen (secondary N) is 2. The minimum atomic E-state index is -1.12. The van der Waals surface area contributed by atoms with Crippen molar-refractivity contribution in [1.29, 1.82) is 0 Å². The van der Waals surface area contributed by atoms with Gasteiger partial charge in [-0.1, -0.05) is 64.5 Å². The van der Waals surface area contributed by atoms with Crippen LogP contribution in [0.25, 0.3) is 0 Å². The van der Waals surface area contributed by atoms with E-state index in [1.165, 1.54) is 0 Å². The van der Waals surface area contributed by atoms with Gasteiger partial charge in [0.1, 0.15) is 6.04 Å². The molecule has 28 heavy (non-hydrogen) atoms. The van der Waals surface area contributed by atoms with Gasteiger partial charge in [0.2, 0.25) is 11.8 Å². The van der Waals surface area contributed by atoms with E-state index in [0.29, 0.717) is 0 Å². The van der Waals surface area contributed by atoms with Gasteiger partial charge < -0.3 is 15.7 Å². The summed E-state index contributed by atoms with van der Waals surface area (Å²) in [4.78, 5) is 35.7. The second-order valence-corrected chi connectivity index (χ2v) is 7.31. The average molecular weight is 447 g/mol. The Morgan fingerprint density at radius 3 is 2.11 bits per heavy atom. The highest BCUT2D eigenvalue weighted by molar-refractivity contribution is 9.10. The molecule has 0 aromatic heterocycles. The van der Waals surface area contributed by atoms with Crippen molar-refractivity contribution in [2.45, 2.75) is 38.3 Å². The smallest absolute Gasteiger partial charge is 0.326 e. The molecule has 0 radical (unpaired) electrons. The second-order valence-electron chi connectivity index (χ2n) is 6.45. The Morgan fingerprint density at radius 1 is 0.929 bits per heavy atom. The Balaban J connectivity index is 1.83. The van der Waals surface area contributed by atoms with Crippen LogP contribution in [0.3, 0.4) is 0 Å². The van der Waals surface area contributed by atoms with E-state index < -0.39 is 17.9 Å². The third-order valence-electron chi connectivity index (χ3n) is 4.27. The quantitative estimate of drug-likeness (QED) is 0.550. The van der Waals surface area contributed by atoms with Crippen LogP contribution in [0.15, 0.2) is 59.1 Å². The van der Waals surface area contributed by atoms with Crippen LogP contribution in [0.4, 0.5) is 0 Å². The lowest BCUT2D eigenvalue weighted by Crippen LogP contribution is -2.42. The first-order valence-corrected chi connectivity index (χ1v) is 9.76. The van der Waals surface area contributed by atoms with Crippen LogP contribution in [0.2, 0.25) is 0 Å². The Morgan fingerprint density at radius 2 is 1.50 bits per heavy atom. The largest absolute Gasteiger partial charge is 0.480 e. The molecular formula is C21H23BrN2O4. The molecule has 0 heterocycles. The highest BCUT2D eigenvalue weighted by Crippen LogP contribution is 2.17. The van der Waals surface area contributed by atoms with E-state index in [-0.39, 0.29) is 31.2 Å². The molecule has 0 unspecified atom stereocenters. The molecule has 0 aliphatic heterocycles. The molecule has 0 spiro atoms. The van der Waals surface area contributed by atoms with Crippen molar-refractivity contribution in [3.63, 3.8) is 0 Å². The fourth-order valence-corrected chi connectivity index (χ4v) is 3.16. The molecule has 6 nitrogen and oxygen atoms in total. The van der Waals surface area contributed by atoms with Crippen molar-refractivity contribution in [1.82, 2.24) is 10.6 Å². The summed E-state index contributed by atoms with van der Waals surface area (Å²) in [5.74, 6) is -1.85. The van der Waals surface area contributed by atoms with Gasteiger partial charge in [-0.25, -0.2) is 4.79 Å². The molecule has 0 fully saturated rings. The van der Waals surface area contributed by atoms with Gasteiger partial charge in [-0.3, -0.25) is 9.59 Å². The number of benzene rings is 2. The molecule has 0 aliphatic carbocycles. The average Bonchev–Trinajstić information content (AvgIpc) is 2.68. The molecule has 0 saturated carbocycles. The molecule has 2 rings (SSSR count). The van der Waals surface area contributed by atoms with E-state index in [2.05, 4.69) is 26.6 Å². The van der Waals surface area contributed by atoms with Crippen molar-refractivity contribution in [2.75, 3.05) is 0 Å². The Hall–Kier alpha value is -2.67. The van der Waals surface area contributed by atoms with Crippen molar-refractivity contribution in [2.24, 2.45) is 0 Å². The molecule has 2 amide bonds. The number of amides is 2. The summed E-state index contributed by atoms with van der Waals surface area (Å²) in [6, 6.07) is 15.5. The predicted octanol–water partition coefficient (Wildman–Crippen LogP) is 3.22. The molecular weight excluding hydrogens is 424 g/mol. The van der Waals surface area contributed by atoms with Gasteiger partial charge >= 0.3 is 5.97 Å². The van der Waals surface area contributed by atoms with Crippen LogP contribution >= 0.6 is 15.9 Å². The van der Waals surface area contributed by atoms with Gasteiger partial charge in [-0.15, -0.1) is 0 Å². The van der Waals surface area contributed by atoms with E-state index in [0.717, 1.165) is 15.6 Å². The van der Waals surface area contributed by atoms with E-state index in [1.807, 2.05) is 49.4 Å². The van der Waals surface area contributed by atoms with E-state index in [9.17, 15) is 19.5 Å². The number of carboxylic acids is 1. The highest BCUT2D eigenvalue weighted by Gasteiger charge is 2.21. The van der Waals surface area contributed by atoms with Gasteiger partial charge in [0.25, 0.3) is 0 Å². The summed E-state index contributed by atoms with van der Waals surface area (Å²) in [7, 11) is 0. The summed E-state index contributed by atoms with van der Waals surface area (Å²) in [6.07, 6.45) is 0.0667. The molecule has 2 aromatic carbocycles. The van der Waals surface area contributed by atoms with Crippen molar-refractivity contribution >= 4 is 33.7 Å². The number of carbonyl (C=O) groups excluding carboxylic acids is 2. The Bertz CT molecular complexity index is 826. The van der Waals surface area contributed by atoms with Crippen LogP contribution in [-0.4, -0.2) is 28.9 Å². The second kappa shape index (κ2) is 10.6. The summed E-state index contributed by atoms with van der Waals surface area (Å²) in [5, 5.41) is 14.7. The lowest BCUT2D eigenvalue weighted by molar-refractivity contribution is -0.141. The maximum Gasteiger partial charge on any atom is 0.326 e. The Labute approximate surface area is 172 Å². The van der Waals surface area contributed by atoms with E-state index in [1.54, 1.807) is 12.1 Å². The Kier molecular flexibility index (Phi) is 8.19. The number of hydrogen-bond acceptors (Lipinski definition) is 3. The van der Waals surface area contributed by atoms with Gasteiger partial charge in [-0.05, 0) is 24.1 Å². The van der Waals surface area contributed by atoms with Crippen LogP contribution in [0.1, 0.15) is 36.9 Å². The van der Waals surface area contributed by atoms with Gasteiger partial charge in [0.05, 0.1) is 6.04 Å². The highest BCUT2D eigenvalue weighted by atomic mass is 79.9. The number of carbonyl (C=O) groups is 3. The first kappa shape index (κ1) is 21.6. The number of rotatable bonds is 9. The van der Waals surface area contributed by atoms with Gasteiger partial charge in [-0.2, -0.15) is 0 Å². The van der Waals surface area contributed by atoms with Gasteiger partial charge in [0, 0.05) is 23.7 Å². The minimum absolute atomic E-state index is 0.00955. The van der Waals surface area contributed by atoms with Crippen LogP contribution < -0.4 is 10.6 Å². The predicted molar refractivity (Wildman–Crippen MR) is 110 cm³/mol. The number of carboxylic acid groups (broad SMARTS) is 1. The molecule has 2 atom stereocenters. The topological polar surface area (TPSA) is 95.5 Å². The molecule has 3 N–H and O–H groups in total. The SMILES string of the molecule is C[C@@H](NC(=O)CCC(=O)N[C@@H](Cc1ccccc1Br)C(=O)O)c1ccccc1. The third-order valence-corrected chi connectivity index (χ3v) is 5.04. The molecule has 0 bridgehead atoms. The van der Waals surface area contributed by atoms with Crippen molar-refractivity contribution < 1.29 is 19.5 Å². The molecule has 0 aliphatic rings. The van der Waals surface area contributed by atoms with E-state index in [4.69, 9.17) is 0 Å². The van der Waals surface area contributed by atoms with Gasteiger partial charge in [0.15, 0.2) is 0 Å². The minimum Gasteiger partial charge on any atom is -0.480 e. The zero-order valence-electron chi connectivity index (χ0n) is 15.5. The maximum absolute atomic E-state index is 12.1. The number of hydrogen-bond donors (Lipinski definition) is 3. The lowest BCUT2D eigenvalue weighted by Gasteiger charge is -2.16. The van der Waals surface area contributed by atoms with Crippen molar-refractivity contribution in [3.05, 3.63) is 70.2 Å². The normalized spacial score (nSPS) is 12.6. The molecule has 148 valence electrons. The maximum atomic E-state index is 12.1. The molecule has 7 heteroatoms. The zero-order chi connectivity index (χ0) is 20.5. The number of aliphatic carboxylic acids is 1. The van der Waals surface area contributed by atoms with E-state index >= 15 is 0 Å². The standard InChI is InChI=1S/C21H23BrN2O4/c1-14(15-7-3-2-4-8-15)23-19(25)11-12-20(26)24-18(21(27)28)13-16-9-5-6-10-17(16)22/h2-10,14,18H,11-13H2,1H3,(H,23,25)(H,24,26)(H,27,28)/t14-,18+/m1/s1. The molecule has 2 aromatic rings. The first-order valence-electron chi connectivity index (χ1n) is 8.96. The van der Waals surface area contributed by atoms with Crippen LogP contribution in [0, 0.1) is 0 Å². The lowest BCUT2D eigenvalue weighted by atomic mass is 10.1. The number of halogens is 1. The molecule has 0 saturated heterocycles. The fourth-order valence-electron chi connectivity index (χ4n) is 2.72. The first-order chi connectivity index (χ1) is 13.4. The fraction of sp³-hybridized carbons (Fsp3) is 0.286. The summed E-state index contributed by atoms with van der Waals surface area (Å²) < 4.78 is 0.782. The van der Waals surface area contributed by atoms with Crippen molar-refractivity contribution in [3.8, 4) is 0 Å².